The number of carbonyl (C=O) groups excluding carboxylic acids is 1. The molecule has 0 saturated carbocycles. The average Bonchev–Trinajstić information content (AvgIpc) is 3.03. The molecule has 1 aromatic carbocycles. The third-order valence-electron chi connectivity index (χ3n) is 4.05. The molecule has 0 N–H and O–H groups in total. The Hall–Kier alpha value is -3.02. The van der Waals surface area contributed by atoms with E-state index in [2.05, 4.69) is 4.98 Å². The van der Waals surface area contributed by atoms with Crippen molar-refractivity contribution in [3.05, 3.63) is 89.1 Å². The van der Waals surface area contributed by atoms with Gasteiger partial charge in [0, 0.05) is 31.1 Å². The summed E-state index contributed by atoms with van der Waals surface area (Å²) in [7, 11) is 1.56. The van der Waals surface area contributed by atoms with Gasteiger partial charge >= 0.3 is 0 Å². The summed E-state index contributed by atoms with van der Waals surface area (Å²) in [4.78, 5) is 18.3. The molecule has 3 aromatic rings. The van der Waals surface area contributed by atoms with Crippen molar-refractivity contribution in [3.8, 4) is 0 Å². The largest absolute Gasteiger partial charge is 0.469 e. The maximum Gasteiger partial charge on any atom is 0.257 e. The summed E-state index contributed by atoms with van der Waals surface area (Å²) >= 11 is 0. The number of pyridine rings is 1. The summed E-state index contributed by atoms with van der Waals surface area (Å²) in [5, 5.41) is 0. The number of rotatable bonds is 4. The highest BCUT2D eigenvalue weighted by atomic mass is 19.1. The van der Waals surface area contributed by atoms with E-state index in [-0.39, 0.29) is 11.5 Å². The predicted octanol–water partition coefficient (Wildman–Crippen LogP) is 4.12. The van der Waals surface area contributed by atoms with Crippen molar-refractivity contribution in [2.45, 2.75) is 13.0 Å². The quantitative estimate of drug-likeness (QED) is 0.716. The first-order valence-electron chi connectivity index (χ1n) is 7.65. The van der Waals surface area contributed by atoms with Crippen molar-refractivity contribution in [1.82, 2.24) is 9.88 Å². The van der Waals surface area contributed by atoms with E-state index in [9.17, 15) is 13.6 Å². The number of hydrogen-bond donors (Lipinski definition) is 0. The SMILES string of the molecule is Cc1occc1C(=O)N(C)C(c1cccnc1)c1ccc(F)cc1F. The molecule has 0 radical (unpaired) electrons. The number of furan rings is 1. The van der Waals surface area contributed by atoms with Gasteiger partial charge in [-0.05, 0) is 30.7 Å². The summed E-state index contributed by atoms with van der Waals surface area (Å²) in [5.74, 6) is -1.26. The van der Waals surface area contributed by atoms with Gasteiger partial charge in [-0.3, -0.25) is 9.78 Å². The van der Waals surface area contributed by atoms with Gasteiger partial charge in [0.1, 0.15) is 17.4 Å². The van der Waals surface area contributed by atoms with Gasteiger partial charge in [0.15, 0.2) is 0 Å². The van der Waals surface area contributed by atoms with Crippen LogP contribution in [-0.2, 0) is 0 Å². The summed E-state index contributed by atoms with van der Waals surface area (Å²) in [5.41, 5.74) is 1.19. The molecule has 0 saturated heterocycles. The van der Waals surface area contributed by atoms with Gasteiger partial charge in [-0.15, -0.1) is 0 Å². The number of amides is 1. The fourth-order valence-corrected chi connectivity index (χ4v) is 2.79. The standard InChI is InChI=1S/C19H16F2N2O2/c1-12-15(7-9-25-12)19(24)23(2)18(13-4-3-8-22-11-13)16-6-5-14(20)10-17(16)21/h3-11,18H,1-2H3. The zero-order valence-corrected chi connectivity index (χ0v) is 13.7. The number of aryl methyl sites for hydroxylation is 1. The molecule has 1 amide bonds. The van der Waals surface area contributed by atoms with Crippen LogP contribution in [0.4, 0.5) is 8.78 Å². The lowest BCUT2D eigenvalue weighted by molar-refractivity contribution is 0.0751. The van der Waals surface area contributed by atoms with Gasteiger partial charge in [0.05, 0.1) is 17.9 Å². The first-order chi connectivity index (χ1) is 12.0. The third-order valence-corrected chi connectivity index (χ3v) is 4.05. The molecule has 3 rings (SSSR count). The molecule has 2 heterocycles. The normalized spacial score (nSPS) is 12.0. The fraction of sp³-hybridized carbons (Fsp3) is 0.158. The molecule has 1 unspecified atom stereocenters. The van der Waals surface area contributed by atoms with E-state index in [4.69, 9.17) is 4.42 Å². The van der Waals surface area contributed by atoms with E-state index in [0.717, 1.165) is 6.07 Å². The van der Waals surface area contributed by atoms with Crippen LogP contribution in [-0.4, -0.2) is 22.8 Å². The Kier molecular flexibility index (Phi) is 4.61. The van der Waals surface area contributed by atoms with Crippen molar-refractivity contribution < 1.29 is 18.0 Å². The highest BCUT2D eigenvalue weighted by molar-refractivity contribution is 5.95. The molecule has 0 aliphatic rings. The van der Waals surface area contributed by atoms with E-state index in [0.29, 0.717) is 16.9 Å². The average molecular weight is 342 g/mol. The Morgan fingerprint density at radius 1 is 1.24 bits per heavy atom. The molecule has 128 valence electrons. The zero-order valence-electron chi connectivity index (χ0n) is 13.7. The first kappa shape index (κ1) is 16.8. The number of aromatic nitrogens is 1. The van der Waals surface area contributed by atoms with E-state index in [1.165, 1.54) is 23.3 Å². The molecule has 0 aliphatic heterocycles. The Morgan fingerprint density at radius 3 is 2.64 bits per heavy atom. The van der Waals surface area contributed by atoms with Crippen molar-refractivity contribution >= 4 is 5.91 Å². The van der Waals surface area contributed by atoms with Crippen molar-refractivity contribution in [2.24, 2.45) is 0 Å². The lowest BCUT2D eigenvalue weighted by Crippen LogP contribution is -2.32. The Balaban J connectivity index is 2.08. The number of nitrogens with zero attached hydrogens (tertiary/aromatic N) is 2. The van der Waals surface area contributed by atoms with Crippen LogP contribution in [0.5, 0.6) is 0 Å². The Labute approximate surface area is 143 Å². The minimum atomic E-state index is -0.754. The fourth-order valence-electron chi connectivity index (χ4n) is 2.79. The van der Waals surface area contributed by atoms with Gasteiger partial charge in [-0.2, -0.15) is 0 Å². The molecule has 0 aliphatic carbocycles. The van der Waals surface area contributed by atoms with Crippen LogP contribution < -0.4 is 0 Å². The molecule has 0 fully saturated rings. The molecule has 4 nitrogen and oxygen atoms in total. The molecule has 6 heteroatoms. The van der Waals surface area contributed by atoms with Crippen LogP contribution in [0.2, 0.25) is 0 Å². The number of benzene rings is 1. The van der Waals surface area contributed by atoms with Crippen LogP contribution in [0.25, 0.3) is 0 Å². The summed E-state index contributed by atoms with van der Waals surface area (Å²) in [6.45, 7) is 1.68. The van der Waals surface area contributed by atoms with E-state index >= 15 is 0 Å². The Morgan fingerprint density at radius 2 is 2.04 bits per heavy atom. The summed E-state index contributed by atoms with van der Waals surface area (Å²) in [6, 6.07) is 7.57. The van der Waals surface area contributed by atoms with Crippen molar-refractivity contribution in [1.29, 1.82) is 0 Å². The van der Waals surface area contributed by atoms with Gasteiger partial charge in [-0.1, -0.05) is 12.1 Å². The maximum absolute atomic E-state index is 14.4. The number of halogens is 2. The highest BCUT2D eigenvalue weighted by Crippen LogP contribution is 2.31. The molecular weight excluding hydrogens is 326 g/mol. The molecule has 0 bridgehead atoms. The monoisotopic (exact) mass is 342 g/mol. The van der Waals surface area contributed by atoms with Gasteiger partial charge in [-0.25, -0.2) is 8.78 Å². The molecule has 1 atom stereocenters. The van der Waals surface area contributed by atoms with Gasteiger partial charge in [0.2, 0.25) is 0 Å². The lowest BCUT2D eigenvalue weighted by atomic mass is 9.97. The van der Waals surface area contributed by atoms with Gasteiger partial charge in [0.25, 0.3) is 5.91 Å². The maximum atomic E-state index is 14.4. The summed E-state index contributed by atoms with van der Waals surface area (Å²) in [6.07, 6.45) is 4.57. The second-order valence-electron chi connectivity index (χ2n) is 5.66. The highest BCUT2D eigenvalue weighted by Gasteiger charge is 2.28. The molecule has 2 aromatic heterocycles. The smallest absolute Gasteiger partial charge is 0.257 e. The lowest BCUT2D eigenvalue weighted by Gasteiger charge is -2.29. The second-order valence-corrected chi connectivity index (χ2v) is 5.66. The minimum absolute atomic E-state index is 0.186. The molecular formula is C19H16F2N2O2. The van der Waals surface area contributed by atoms with Gasteiger partial charge < -0.3 is 9.32 Å². The number of hydrogen-bond acceptors (Lipinski definition) is 3. The Bertz CT molecular complexity index is 893. The first-order valence-corrected chi connectivity index (χ1v) is 7.65. The zero-order chi connectivity index (χ0) is 18.0. The minimum Gasteiger partial charge on any atom is -0.469 e. The summed E-state index contributed by atoms with van der Waals surface area (Å²) < 4.78 is 32.9. The predicted molar refractivity (Wildman–Crippen MR) is 88.0 cm³/mol. The van der Waals surface area contributed by atoms with Crippen molar-refractivity contribution in [3.63, 3.8) is 0 Å². The van der Waals surface area contributed by atoms with Crippen LogP contribution >= 0.6 is 0 Å². The van der Waals surface area contributed by atoms with E-state index in [1.807, 2.05) is 0 Å². The molecule has 25 heavy (non-hydrogen) atoms. The molecule has 0 spiro atoms. The van der Waals surface area contributed by atoms with E-state index < -0.39 is 17.7 Å². The van der Waals surface area contributed by atoms with Crippen LogP contribution in [0, 0.1) is 18.6 Å². The van der Waals surface area contributed by atoms with Crippen LogP contribution in [0.3, 0.4) is 0 Å². The number of carbonyl (C=O) groups is 1. The van der Waals surface area contributed by atoms with E-state index in [1.54, 1.807) is 44.6 Å². The van der Waals surface area contributed by atoms with Crippen molar-refractivity contribution in [2.75, 3.05) is 7.05 Å². The topological polar surface area (TPSA) is 46.3 Å². The third kappa shape index (κ3) is 3.28. The van der Waals surface area contributed by atoms with Crippen LogP contribution in [0.15, 0.2) is 59.5 Å². The van der Waals surface area contributed by atoms with Crippen LogP contribution in [0.1, 0.15) is 33.3 Å². The second kappa shape index (κ2) is 6.84.